The van der Waals surface area contributed by atoms with Crippen LogP contribution in [0, 0.1) is 0 Å². The molecule has 13 aromatic rings. The van der Waals surface area contributed by atoms with Gasteiger partial charge in [0.15, 0.2) is 8.07 Å². The Kier molecular flexibility index (Phi) is 8.23. The summed E-state index contributed by atoms with van der Waals surface area (Å²) in [5.41, 5.74) is 10.6. The first-order chi connectivity index (χ1) is 31.8. The van der Waals surface area contributed by atoms with E-state index in [4.69, 9.17) is 0 Å². The molecule has 0 aliphatic carbocycles. The van der Waals surface area contributed by atoms with Gasteiger partial charge in [-0.05, 0) is 87.5 Å². The predicted octanol–water partition coefficient (Wildman–Crippen LogP) is 12.4. The summed E-state index contributed by atoms with van der Waals surface area (Å²) in [5, 5.41) is 12.9. The summed E-state index contributed by atoms with van der Waals surface area (Å²) >= 11 is 0. The molecular formula is C60H41N3Si. The van der Waals surface area contributed by atoms with Crippen LogP contribution < -0.4 is 20.7 Å². The summed E-state index contributed by atoms with van der Waals surface area (Å²) in [6.45, 7) is 0. The minimum Gasteiger partial charge on any atom is -0.309 e. The molecule has 0 atom stereocenters. The van der Waals surface area contributed by atoms with E-state index in [1.165, 1.54) is 91.9 Å². The van der Waals surface area contributed by atoms with Crippen molar-refractivity contribution in [2.75, 3.05) is 0 Å². The quantitative estimate of drug-likeness (QED) is 0.112. The molecule has 0 spiro atoms. The highest BCUT2D eigenvalue weighted by atomic mass is 28.3. The van der Waals surface area contributed by atoms with Crippen LogP contribution in [0.4, 0.5) is 0 Å². The predicted molar refractivity (Wildman–Crippen MR) is 273 cm³/mol. The summed E-state index contributed by atoms with van der Waals surface area (Å²) in [6, 6.07) is 92.2. The van der Waals surface area contributed by atoms with Crippen molar-refractivity contribution in [2.45, 2.75) is 0 Å². The van der Waals surface area contributed by atoms with Crippen molar-refractivity contribution in [1.82, 2.24) is 13.7 Å². The number of hydrogen-bond donors (Lipinski definition) is 0. The number of aromatic nitrogens is 3. The zero-order chi connectivity index (χ0) is 42.2. The van der Waals surface area contributed by atoms with Gasteiger partial charge in [-0.15, -0.1) is 0 Å². The maximum atomic E-state index is 2.49. The van der Waals surface area contributed by atoms with Crippen molar-refractivity contribution < 1.29 is 0 Å². The maximum Gasteiger partial charge on any atom is 0.179 e. The average molecular weight is 832 g/mol. The molecular weight excluding hydrogens is 791 g/mol. The van der Waals surface area contributed by atoms with Crippen LogP contribution in [-0.4, -0.2) is 21.8 Å². The Labute approximate surface area is 372 Å². The molecule has 10 aromatic carbocycles. The number of benzene rings is 10. The van der Waals surface area contributed by atoms with Gasteiger partial charge in [-0.3, -0.25) is 0 Å². The highest BCUT2D eigenvalue weighted by Gasteiger charge is 2.41. The van der Waals surface area contributed by atoms with Crippen LogP contribution >= 0.6 is 0 Å². The van der Waals surface area contributed by atoms with Gasteiger partial charge in [-0.2, -0.15) is 0 Å². The second-order valence-corrected chi connectivity index (χ2v) is 20.7. The SMILES string of the molecule is c1ccc([Si](c2ccccc2)(c2ccccc2)c2cccc(-n3c4ccccc4c4c(-n5c6ccccc6c6cc(-n7c8ccccc8c8ccccc87)ccc65)cccc43)c2)cc1. The highest BCUT2D eigenvalue weighted by molar-refractivity contribution is 7.19. The number of rotatable bonds is 7. The fourth-order valence-electron chi connectivity index (χ4n) is 11.0. The molecule has 64 heavy (non-hydrogen) atoms. The Hall–Kier alpha value is -8.18. The standard InChI is InChI=1S/C60H41N3Si/c1-4-21-44(22-5-1)64(45-23-6-2-7-24-45,46-25-8-3-9-26-46)47-27-18-20-42(40-47)62-56-35-17-13-31-51(56)60-58(62)36-19-37-59(60)63-55-34-16-12-30-50(55)52-41-43(38-39-57(52)63)61-53-32-14-10-28-48(53)49-29-11-15-33-54(49)61/h1-41H. The summed E-state index contributed by atoms with van der Waals surface area (Å²) in [5.74, 6) is 0. The highest BCUT2D eigenvalue weighted by Crippen LogP contribution is 2.41. The molecule has 0 bridgehead atoms. The van der Waals surface area contributed by atoms with Gasteiger partial charge in [0.1, 0.15) is 0 Å². The molecule has 0 unspecified atom stereocenters. The summed E-state index contributed by atoms with van der Waals surface area (Å²) in [6.07, 6.45) is 0. The second kappa shape index (κ2) is 14.5. The van der Waals surface area contributed by atoms with Crippen LogP contribution in [0.1, 0.15) is 0 Å². The Balaban J connectivity index is 1.05. The number of para-hydroxylation sites is 4. The van der Waals surface area contributed by atoms with E-state index >= 15 is 0 Å². The van der Waals surface area contributed by atoms with Crippen molar-refractivity contribution in [3.63, 3.8) is 0 Å². The lowest BCUT2D eigenvalue weighted by atomic mass is 10.1. The van der Waals surface area contributed by atoms with E-state index in [0.29, 0.717) is 0 Å². The lowest BCUT2D eigenvalue weighted by Gasteiger charge is -2.34. The second-order valence-electron chi connectivity index (χ2n) is 16.8. The van der Waals surface area contributed by atoms with E-state index < -0.39 is 8.07 Å². The maximum absolute atomic E-state index is 2.77. The van der Waals surface area contributed by atoms with Crippen LogP contribution in [0.5, 0.6) is 0 Å². The van der Waals surface area contributed by atoms with Gasteiger partial charge in [0.25, 0.3) is 0 Å². The molecule has 4 heteroatoms. The van der Waals surface area contributed by atoms with Crippen molar-refractivity contribution in [2.24, 2.45) is 0 Å². The van der Waals surface area contributed by atoms with Crippen molar-refractivity contribution in [3.8, 4) is 17.1 Å². The molecule has 0 saturated heterocycles. The van der Waals surface area contributed by atoms with E-state index in [0.717, 1.165) is 11.4 Å². The van der Waals surface area contributed by atoms with Gasteiger partial charge in [0.2, 0.25) is 0 Å². The van der Waals surface area contributed by atoms with E-state index in [9.17, 15) is 0 Å². The summed E-state index contributed by atoms with van der Waals surface area (Å²) in [7, 11) is -2.77. The molecule has 3 aromatic heterocycles. The van der Waals surface area contributed by atoms with Crippen LogP contribution in [0.15, 0.2) is 249 Å². The summed E-state index contributed by atoms with van der Waals surface area (Å²) in [4.78, 5) is 0. The largest absolute Gasteiger partial charge is 0.309 e. The number of hydrogen-bond acceptors (Lipinski definition) is 0. The minimum absolute atomic E-state index is 1.15. The topological polar surface area (TPSA) is 14.8 Å². The monoisotopic (exact) mass is 831 g/mol. The molecule has 0 aliphatic heterocycles. The summed E-state index contributed by atoms with van der Waals surface area (Å²) < 4.78 is 7.41. The molecule has 13 rings (SSSR count). The minimum atomic E-state index is -2.77. The third-order valence-electron chi connectivity index (χ3n) is 13.6. The van der Waals surface area contributed by atoms with Gasteiger partial charge in [-0.25, -0.2) is 0 Å². The van der Waals surface area contributed by atoms with E-state index in [1.807, 2.05) is 0 Å². The molecule has 300 valence electrons. The number of fused-ring (bicyclic) bond motifs is 9. The van der Waals surface area contributed by atoms with Crippen molar-refractivity contribution in [1.29, 1.82) is 0 Å². The fraction of sp³-hybridized carbons (Fsp3) is 0. The zero-order valence-electron chi connectivity index (χ0n) is 35.0. The first-order valence-electron chi connectivity index (χ1n) is 22.1. The first-order valence-corrected chi connectivity index (χ1v) is 24.1. The van der Waals surface area contributed by atoms with Gasteiger partial charge >= 0.3 is 0 Å². The third kappa shape index (κ3) is 5.27. The molecule has 0 fully saturated rings. The molecule has 0 saturated carbocycles. The van der Waals surface area contributed by atoms with Gasteiger partial charge < -0.3 is 13.7 Å². The van der Waals surface area contributed by atoms with Gasteiger partial charge in [0.05, 0.1) is 38.8 Å². The Morgan fingerprint density at radius 1 is 0.234 bits per heavy atom. The molecule has 0 amide bonds. The van der Waals surface area contributed by atoms with Crippen molar-refractivity contribution >= 4 is 94.2 Å². The molecule has 3 heterocycles. The normalized spacial score (nSPS) is 12.1. The van der Waals surface area contributed by atoms with Crippen molar-refractivity contribution in [3.05, 3.63) is 249 Å². The average Bonchev–Trinajstić information content (AvgIpc) is 4.01. The van der Waals surface area contributed by atoms with E-state index in [-0.39, 0.29) is 0 Å². The van der Waals surface area contributed by atoms with Gasteiger partial charge in [-0.1, -0.05) is 182 Å². The van der Waals surface area contributed by atoms with E-state index in [1.54, 1.807) is 0 Å². The van der Waals surface area contributed by atoms with Crippen LogP contribution in [0.2, 0.25) is 0 Å². The number of nitrogens with zero attached hydrogens (tertiary/aromatic N) is 3. The Morgan fingerprint density at radius 3 is 1.20 bits per heavy atom. The first kappa shape index (κ1) is 36.5. The zero-order valence-corrected chi connectivity index (χ0v) is 36.0. The van der Waals surface area contributed by atoms with Crippen LogP contribution in [-0.2, 0) is 0 Å². The van der Waals surface area contributed by atoms with E-state index in [2.05, 4.69) is 262 Å². The molecule has 0 radical (unpaired) electrons. The van der Waals surface area contributed by atoms with Gasteiger partial charge in [0, 0.05) is 43.7 Å². The molecule has 0 N–H and O–H groups in total. The fourth-order valence-corrected chi connectivity index (χ4v) is 15.8. The van der Waals surface area contributed by atoms with Crippen LogP contribution in [0.3, 0.4) is 0 Å². The Bertz CT molecular complexity index is 3750. The third-order valence-corrected chi connectivity index (χ3v) is 18.3. The molecule has 0 aliphatic rings. The van der Waals surface area contributed by atoms with Crippen LogP contribution in [0.25, 0.3) is 82.5 Å². The smallest absolute Gasteiger partial charge is 0.179 e. The Morgan fingerprint density at radius 2 is 0.625 bits per heavy atom. The molecule has 3 nitrogen and oxygen atoms in total. The lowest BCUT2D eigenvalue weighted by Crippen LogP contribution is -2.74. The lowest BCUT2D eigenvalue weighted by molar-refractivity contribution is 1.16.